The molecule has 3 aromatic rings. The van der Waals surface area contributed by atoms with Crippen molar-refractivity contribution in [1.29, 1.82) is 0 Å². The van der Waals surface area contributed by atoms with Crippen molar-refractivity contribution in [1.82, 2.24) is 0 Å². The number of ketones is 1. The Morgan fingerprint density at radius 3 is 2.73 bits per heavy atom. The molecule has 0 unspecified atom stereocenters. The van der Waals surface area contributed by atoms with E-state index in [2.05, 4.69) is 5.32 Å². The number of Topliss-reactive ketones (excluding diaryl/α,β-unsaturated/α-hetero) is 1. The first-order chi connectivity index (χ1) is 14.5. The average molecular weight is 418 g/mol. The quantitative estimate of drug-likeness (QED) is 0.530. The number of hydrogen-bond acceptors (Lipinski definition) is 4. The molecule has 1 N–H and O–H groups in total. The van der Waals surface area contributed by atoms with Crippen molar-refractivity contribution in [2.45, 2.75) is 18.2 Å². The van der Waals surface area contributed by atoms with Gasteiger partial charge in [-0.1, -0.05) is 30.3 Å². The van der Waals surface area contributed by atoms with E-state index in [1.54, 1.807) is 12.1 Å². The van der Waals surface area contributed by atoms with Gasteiger partial charge in [-0.3, -0.25) is 14.6 Å². The third-order valence-electron chi connectivity index (χ3n) is 4.79. The molecule has 1 amide bonds. The molecule has 6 heteroatoms. The molecular weight excluding hydrogens is 399 g/mol. The van der Waals surface area contributed by atoms with Crippen LogP contribution in [0.4, 0.5) is 15.8 Å². The minimum absolute atomic E-state index is 0.0759. The molecule has 0 spiro atoms. The summed E-state index contributed by atoms with van der Waals surface area (Å²) in [7, 11) is 0. The highest BCUT2D eigenvalue weighted by atomic mass is 32.2. The van der Waals surface area contributed by atoms with Gasteiger partial charge in [-0.15, -0.1) is 11.8 Å². The van der Waals surface area contributed by atoms with Crippen molar-refractivity contribution in [2.24, 2.45) is 4.99 Å². The summed E-state index contributed by atoms with van der Waals surface area (Å²) in [5, 5.41) is 2.84. The van der Waals surface area contributed by atoms with Crippen molar-refractivity contribution < 1.29 is 14.0 Å². The number of nitrogens with zero attached hydrogens (tertiary/aromatic N) is 1. The van der Waals surface area contributed by atoms with Crippen LogP contribution in [0.2, 0.25) is 0 Å². The molecule has 0 saturated carbocycles. The Labute approximate surface area is 178 Å². The number of carbonyl (C=O) groups is 2. The Balaban J connectivity index is 1.51. The summed E-state index contributed by atoms with van der Waals surface area (Å²) in [6, 6.07) is 18.6. The molecule has 4 nitrogen and oxygen atoms in total. The fraction of sp³-hybridized carbons (Fsp3) is 0.125. The van der Waals surface area contributed by atoms with Crippen LogP contribution in [0.25, 0.3) is 0 Å². The van der Waals surface area contributed by atoms with Gasteiger partial charge in [0.1, 0.15) is 5.82 Å². The maximum atomic E-state index is 13.4. The molecule has 4 rings (SSSR count). The van der Waals surface area contributed by atoms with Gasteiger partial charge in [-0.05, 0) is 48.9 Å². The molecular formula is C24H19FN2O2S. The summed E-state index contributed by atoms with van der Waals surface area (Å²) in [5.41, 5.74) is 4.09. The van der Waals surface area contributed by atoms with Crippen LogP contribution in [0.3, 0.4) is 0 Å². The lowest BCUT2D eigenvalue weighted by atomic mass is 9.98. The highest BCUT2D eigenvalue weighted by molar-refractivity contribution is 8.00. The Kier molecular flexibility index (Phi) is 5.77. The minimum atomic E-state index is -0.458. The molecule has 1 aliphatic rings. The zero-order valence-corrected chi connectivity index (χ0v) is 17.1. The number of anilines is 1. The summed E-state index contributed by atoms with van der Waals surface area (Å²) in [6.07, 6.45) is 0.293. The van der Waals surface area contributed by atoms with E-state index in [0.29, 0.717) is 23.4 Å². The van der Waals surface area contributed by atoms with Gasteiger partial charge >= 0.3 is 0 Å². The molecule has 1 heterocycles. The SMILES string of the molecule is Cc1cccc2c1N=C(CSc1ccccc1NC(=O)c1cccc(F)c1)CC2=O. The largest absolute Gasteiger partial charge is 0.321 e. The number of rotatable bonds is 5. The highest BCUT2D eigenvalue weighted by Gasteiger charge is 2.21. The van der Waals surface area contributed by atoms with Gasteiger partial charge in [0.15, 0.2) is 5.78 Å². The predicted octanol–water partition coefficient (Wildman–Crippen LogP) is 5.84. The van der Waals surface area contributed by atoms with E-state index in [4.69, 9.17) is 4.99 Å². The van der Waals surface area contributed by atoms with Crippen LogP contribution in [0, 0.1) is 12.7 Å². The molecule has 3 aromatic carbocycles. The number of carbonyl (C=O) groups excluding carboxylic acids is 2. The van der Waals surface area contributed by atoms with Crippen LogP contribution in [0.1, 0.15) is 32.7 Å². The molecule has 0 aromatic heterocycles. The highest BCUT2D eigenvalue weighted by Crippen LogP contribution is 2.32. The van der Waals surface area contributed by atoms with Gasteiger partial charge in [-0.2, -0.15) is 0 Å². The Morgan fingerprint density at radius 1 is 1.10 bits per heavy atom. The van der Waals surface area contributed by atoms with Crippen LogP contribution in [-0.4, -0.2) is 23.2 Å². The van der Waals surface area contributed by atoms with E-state index in [1.807, 2.05) is 43.3 Å². The summed E-state index contributed by atoms with van der Waals surface area (Å²) in [5.74, 6) is -0.225. The fourth-order valence-corrected chi connectivity index (χ4v) is 4.21. The van der Waals surface area contributed by atoms with E-state index in [-0.39, 0.29) is 17.3 Å². The lowest BCUT2D eigenvalue weighted by molar-refractivity contribution is 0.0997. The lowest BCUT2D eigenvalue weighted by Gasteiger charge is -2.17. The van der Waals surface area contributed by atoms with E-state index >= 15 is 0 Å². The van der Waals surface area contributed by atoms with Crippen molar-refractivity contribution in [3.8, 4) is 0 Å². The Morgan fingerprint density at radius 2 is 1.90 bits per heavy atom. The normalized spacial score (nSPS) is 12.9. The second-order valence-corrected chi connectivity index (χ2v) is 8.02. The van der Waals surface area contributed by atoms with E-state index in [0.717, 1.165) is 21.9 Å². The van der Waals surface area contributed by atoms with E-state index in [9.17, 15) is 14.0 Å². The van der Waals surface area contributed by atoms with Gasteiger partial charge in [0.2, 0.25) is 0 Å². The molecule has 0 fully saturated rings. The topological polar surface area (TPSA) is 58.5 Å². The molecule has 1 aliphatic heterocycles. The lowest BCUT2D eigenvalue weighted by Crippen LogP contribution is -2.16. The van der Waals surface area contributed by atoms with Crippen molar-refractivity contribution in [3.63, 3.8) is 0 Å². The second-order valence-electron chi connectivity index (χ2n) is 7.00. The summed E-state index contributed by atoms with van der Waals surface area (Å²) >= 11 is 1.50. The molecule has 0 bridgehead atoms. The first-order valence-electron chi connectivity index (χ1n) is 9.49. The van der Waals surface area contributed by atoms with E-state index in [1.165, 1.54) is 30.0 Å². The summed E-state index contributed by atoms with van der Waals surface area (Å²) in [4.78, 5) is 30.5. The third kappa shape index (κ3) is 4.33. The fourth-order valence-electron chi connectivity index (χ4n) is 3.27. The number of aryl methyl sites for hydroxylation is 1. The van der Waals surface area contributed by atoms with Gasteiger partial charge in [0, 0.05) is 27.5 Å². The van der Waals surface area contributed by atoms with E-state index < -0.39 is 5.82 Å². The number of amides is 1. The van der Waals surface area contributed by atoms with Gasteiger partial charge in [0.05, 0.1) is 17.8 Å². The average Bonchev–Trinajstić information content (AvgIpc) is 2.74. The van der Waals surface area contributed by atoms with Crippen LogP contribution in [0.5, 0.6) is 0 Å². The van der Waals surface area contributed by atoms with Crippen LogP contribution < -0.4 is 5.32 Å². The summed E-state index contributed by atoms with van der Waals surface area (Å²) < 4.78 is 13.4. The van der Waals surface area contributed by atoms with Crippen LogP contribution in [0.15, 0.2) is 76.6 Å². The number of thioether (sulfide) groups is 1. The molecule has 150 valence electrons. The standard InChI is InChI=1S/C24H19FN2O2S/c1-15-6-4-9-19-21(28)13-18(26-23(15)19)14-30-22-11-3-2-10-20(22)27-24(29)16-7-5-8-17(25)12-16/h2-12H,13-14H2,1H3,(H,27,29). The second kappa shape index (κ2) is 8.63. The number of hydrogen-bond donors (Lipinski definition) is 1. The Hall–Kier alpha value is -3.25. The molecule has 30 heavy (non-hydrogen) atoms. The number of fused-ring (bicyclic) bond motifs is 1. The van der Waals surface area contributed by atoms with Gasteiger partial charge < -0.3 is 5.32 Å². The maximum Gasteiger partial charge on any atom is 0.255 e. The van der Waals surface area contributed by atoms with Crippen molar-refractivity contribution >= 4 is 40.5 Å². The first-order valence-corrected chi connectivity index (χ1v) is 10.5. The zero-order valence-electron chi connectivity index (χ0n) is 16.3. The monoisotopic (exact) mass is 418 g/mol. The third-order valence-corrected chi connectivity index (χ3v) is 5.93. The smallest absolute Gasteiger partial charge is 0.255 e. The molecule has 0 aliphatic carbocycles. The van der Waals surface area contributed by atoms with Crippen LogP contribution in [-0.2, 0) is 0 Å². The minimum Gasteiger partial charge on any atom is -0.321 e. The first kappa shape index (κ1) is 20.0. The van der Waals surface area contributed by atoms with Gasteiger partial charge in [-0.25, -0.2) is 4.39 Å². The number of para-hydroxylation sites is 2. The Bertz CT molecular complexity index is 1170. The number of benzene rings is 3. The maximum absolute atomic E-state index is 13.4. The summed E-state index contributed by atoms with van der Waals surface area (Å²) in [6.45, 7) is 1.95. The molecule has 0 atom stereocenters. The van der Waals surface area contributed by atoms with Crippen LogP contribution >= 0.6 is 11.8 Å². The number of halogens is 1. The zero-order chi connectivity index (χ0) is 21.1. The molecule has 0 saturated heterocycles. The van der Waals surface area contributed by atoms with Gasteiger partial charge in [0.25, 0.3) is 5.91 Å². The van der Waals surface area contributed by atoms with Crippen molar-refractivity contribution in [2.75, 3.05) is 11.1 Å². The van der Waals surface area contributed by atoms with Crippen molar-refractivity contribution in [3.05, 3.63) is 89.2 Å². The molecule has 0 radical (unpaired) electrons. The number of nitrogens with one attached hydrogen (secondary N) is 1. The predicted molar refractivity (Wildman–Crippen MR) is 119 cm³/mol. The number of aliphatic imine (C=N–C) groups is 1.